The van der Waals surface area contributed by atoms with Crippen molar-refractivity contribution < 1.29 is 48.0 Å². The molecule has 5 rings (SSSR count). The Labute approximate surface area is 345 Å². The fourth-order valence-electron chi connectivity index (χ4n) is 9.69. The molecule has 0 saturated carbocycles. The standard InChI is InChI=1S/C41H64N6O12/c1-14-27-41(8)32(47(39(54)59-41)17-15-16-46-20-42-34-28(46)35(51)45(12)38(53)44(34)11)23(4)29(48)21(2)19-40(7,55-13)33(24(5)30(49)25(6)36(52)57-27)58-37-31(50)26(43(9)10)18-22(3)56-37/h20-27,31-33,37,50H,14-19H2,1-13H3/t21-,22-,23+,24+,25-,26+,27-,31-,32-,33-,37+,40-,41-/m1/s1. The zero-order valence-corrected chi connectivity index (χ0v) is 36.8. The van der Waals surface area contributed by atoms with E-state index in [1.165, 1.54) is 43.9 Å². The summed E-state index contributed by atoms with van der Waals surface area (Å²) in [5.74, 6) is -5.38. The first kappa shape index (κ1) is 46.1. The Morgan fingerprint density at radius 1 is 0.966 bits per heavy atom. The summed E-state index contributed by atoms with van der Waals surface area (Å²) in [6.07, 6.45) is -2.76. The Morgan fingerprint density at radius 3 is 2.24 bits per heavy atom. The number of rotatable bonds is 9. The molecule has 3 aliphatic rings. The summed E-state index contributed by atoms with van der Waals surface area (Å²) in [6, 6.07) is -1.22. The van der Waals surface area contributed by atoms with Gasteiger partial charge >= 0.3 is 17.8 Å². The van der Waals surface area contributed by atoms with E-state index >= 15 is 0 Å². The number of carbonyl (C=O) groups is 4. The van der Waals surface area contributed by atoms with Crippen molar-refractivity contribution in [3.63, 3.8) is 0 Å². The number of ketones is 2. The predicted octanol–water partition coefficient (Wildman–Crippen LogP) is 2.03. The van der Waals surface area contributed by atoms with Gasteiger partial charge in [0, 0.05) is 58.1 Å². The van der Waals surface area contributed by atoms with Gasteiger partial charge < -0.3 is 43.2 Å². The van der Waals surface area contributed by atoms with Crippen LogP contribution in [0.1, 0.15) is 81.1 Å². The van der Waals surface area contributed by atoms with Crippen LogP contribution in [-0.4, -0.2) is 139 Å². The van der Waals surface area contributed by atoms with Gasteiger partial charge in [-0.1, -0.05) is 27.7 Å². The highest BCUT2D eigenvalue weighted by molar-refractivity contribution is 6.00. The van der Waals surface area contributed by atoms with Crippen molar-refractivity contribution in [1.29, 1.82) is 0 Å². The molecule has 0 aliphatic carbocycles. The van der Waals surface area contributed by atoms with Crippen LogP contribution in [0.3, 0.4) is 0 Å². The molecule has 0 bridgehead atoms. The van der Waals surface area contributed by atoms with Gasteiger partial charge in [0.2, 0.25) is 0 Å². The van der Waals surface area contributed by atoms with Gasteiger partial charge in [0.25, 0.3) is 5.56 Å². The average Bonchev–Trinajstić information content (AvgIpc) is 3.73. The number of methoxy groups -OCH3 is 1. The van der Waals surface area contributed by atoms with Crippen LogP contribution in [0.2, 0.25) is 0 Å². The molecule has 5 heterocycles. The van der Waals surface area contributed by atoms with E-state index < -0.39 is 94.6 Å². The topological polar surface area (TPSA) is 203 Å². The van der Waals surface area contributed by atoms with E-state index in [1.54, 1.807) is 46.1 Å². The second kappa shape index (κ2) is 17.6. The first-order valence-corrected chi connectivity index (χ1v) is 20.6. The van der Waals surface area contributed by atoms with Gasteiger partial charge in [-0.3, -0.25) is 28.3 Å². The number of aromatic nitrogens is 4. The molecule has 13 atom stereocenters. The lowest BCUT2D eigenvalue weighted by Crippen LogP contribution is -2.60. The zero-order valence-electron chi connectivity index (χ0n) is 36.8. The molecular weight excluding hydrogens is 768 g/mol. The van der Waals surface area contributed by atoms with E-state index in [0.717, 1.165) is 4.57 Å². The Bertz CT molecular complexity index is 2030. The number of imidazole rings is 1. The maximum Gasteiger partial charge on any atom is 0.410 e. The third-order valence-corrected chi connectivity index (χ3v) is 13.2. The van der Waals surface area contributed by atoms with E-state index in [1.807, 2.05) is 25.9 Å². The summed E-state index contributed by atoms with van der Waals surface area (Å²) in [6.45, 7) is 14.0. The Kier molecular flexibility index (Phi) is 13.7. The van der Waals surface area contributed by atoms with Crippen molar-refractivity contribution in [2.75, 3.05) is 27.7 Å². The van der Waals surface area contributed by atoms with E-state index in [0.29, 0.717) is 12.8 Å². The van der Waals surface area contributed by atoms with Gasteiger partial charge in [0.15, 0.2) is 28.8 Å². The maximum atomic E-state index is 14.7. The normalized spacial score (nSPS) is 36.5. The zero-order chi connectivity index (χ0) is 44.0. The molecule has 1 amide bonds. The molecule has 0 radical (unpaired) electrons. The molecular formula is C41H64N6O12. The molecule has 1 N–H and O–H groups in total. The van der Waals surface area contributed by atoms with Gasteiger partial charge in [-0.25, -0.2) is 14.6 Å². The number of esters is 1. The summed E-state index contributed by atoms with van der Waals surface area (Å²) in [5.41, 5.74) is -3.38. The molecule has 3 aliphatic heterocycles. The minimum absolute atomic E-state index is 0.0733. The van der Waals surface area contributed by atoms with E-state index in [-0.39, 0.29) is 55.0 Å². The number of fused-ring (bicyclic) bond motifs is 2. The minimum Gasteiger partial charge on any atom is -0.458 e. The molecule has 18 heteroatoms. The molecule has 3 fully saturated rings. The third-order valence-electron chi connectivity index (χ3n) is 13.2. The SMILES string of the molecule is CC[C@H]1OC(=O)[C@H](C)C(=O)[C@H](C)[C@@H](O[C@@H]2O[C@H](C)C[C@H](N(C)C)[C@H]2O)[C@](C)(OC)C[C@@H](C)C(=O)[C@H](C)[C@H]2N(CCCn3cnc4c3c(=O)n(C)c(=O)n4C)C(=O)O[C@]12C. The second-order valence-electron chi connectivity index (χ2n) is 17.5. The summed E-state index contributed by atoms with van der Waals surface area (Å²) in [4.78, 5) is 90.2. The number of cyclic esters (lactones) is 1. The van der Waals surface area contributed by atoms with Crippen LogP contribution in [-0.2, 0) is 58.7 Å². The number of Topliss-reactive ketones (excluding diaryl/α,β-unsaturated/α-hetero) is 2. The summed E-state index contributed by atoms with van der Waals surface area (Å²) in [5, 5.41) is 11.4. The second-order valence-corrected chi connectivity index (χ2v) is 17.5. The first-order valence-electron chi connectivity index (χ1n) is 20.6. The first-order chi connectivity index (χ1) is 27.5. The largest absolute Gasteiger partial charge is 0.458 e. The molecule has 330 valence electrons. The van der Waals surface area contributed by atoms with Crippen molar-refractivity contribution in [1.82, 2.24) is 28.5 Å². The molecule has 18 nitrogen and oxygen atoms in total. The predicted molar refractivity (Wildman–Crippen MR) is 214 cm³/mol. The number of carbonyl (C=O) groups excluding carboxylic acids is 4. The number of hydrogen-bond donors (Lipinski definition) is 1. The highest BCUT2D eigenvalue weighted by atomic mass is 16.7. The molecule has 0 spiro atoms. The van der Waals surface area contributed by atoms with Crippen LogP contribution in [0.25, 0.3) is 11.2 Å². The van der Waals surface area contributed by atoms with Crippen LogP contribution >= 0.6 is 0 Å². The Hall–Kier alpha value is -3.97. The molecule has 3 saturated heterocycles. The van der Waals surface area contributed by atoms with Gasteiger partial charge in [-0.05, 0) is 67.5 Å². The summed E-state index contributed by atoms with van der Waals surface area (Å²) < 4.78 is 35.0. The lowest BCUT2D eigenvalue weighted by Gasteiger charge is -2.47. The van der Waals surface area contributed by atoms with Crippen LogP contribution in [0.4, 0.5) is 4.79 Å². The number of aliphatic hydroxyl groups is 1. The van der Waals surface area contributed by atoms with Crippen molar-refractivity contribution in [3.05, 3.63) is 27.2 Å². The summed E-state index contributed by atoms with van der Waals surface area (Å²) >= 11 is 0. The van der Waals surface area contributed by atoms with E-state index in [9.17, 15) is 33.9 Å². The van der Waals surface area contributed by atoms with Crippen molar-refractivity contribution in [3.8, 4) is 0 Å². The van der Waals surface area contributed by atoms with Crippen molar-refractivity contribution in [2.24, 2.45) is 37.8 Å². The van der Waals surface area contributed by atoms with Crippen molar-refractivity contribution >= 4 is 34.8 Å². The Balaban J connectivity index is 1.51. The van der Waals surface area contributed by atoms with E-state index in [2.05, 4.69) is 4.98 Å². The number of ether oxygens (including phenoxy) is 5. The van der Waals surface area contributed by atoms with Crippen molar-refractivity contribution in [2.45, 2.75) is 142 Å². The quantitative estimate of drug-likeness (QED) is 0.284. The molecule has 2 aromatic rings. The third kappa shape index (κ3) is 8.39. The van der Waals surface area contributed by atoms with Gasteiger partial charge in [0.05, 0.1) is 30.2 Å². The highest BCUT2D eigenvalue weighted by Gasteiger charge is 2.60. The van der Waals surface area contributed by atoms with Gasteiger partial charge in [-0.2, -0.15) is 0 Å². The van der Waals surface area contributed by atoms with Gasteiger partial charge in [0.1, 0.15) is 23.9 Å². The molecule has 0 aromatic carbocycles. The monoisotopic (exact) mass is 832 g/mol. The minimum atomic E-state index is -1.50. The number of aliphatic hydroxyl groups excluding tert-OH is 1. The molecule has 59 heavy (non-hydrogen) atoms. The Morgan fingerprint density at radius 2 is 1.63 bits per heavy atom. The number of likely N-dealkylation sites (N-methyl/N-ethyl adjacent to an activating group) is 1. The lowest BCUT2D eigenvalue weighted by atomic mass is 9.73. The van der Waals surface area contributed by atoms with E-state index in [4.69, 9.17) is 23.7 Å². The molecule has 0 unspecified atom stereocenters. The van der Waals surface area contributed by atoms with Crippen LogP contribution < -0.4 is 11.2 Å². The molecule has 2 aromatic heterocycles. The fourth-order valence-corrected chi connectivity index (χ4v) is 9.69. The van der Waals surface area contributed by atoms with Crippen LogP contribution in [0.5, 0.6) is 0 Å². The number of nitrogens with zero attached hydrogens (tertiary/aromatic N) is 6. The lowest BCUT2D eigenvalue weighted by molar-refractivity contribution is -0.295. The average molecular weight is 833 g/mol. The van der Waals surface area contributed by atoms with Crippen LogP contribution in [0, 0.1) is 23.7 Å². The maximum absolute atomic E-state index is 14.7. The fraction of sp³-hybridized carbons (Fsp3) is 0.780. The number of amides is 1. The highest BCUT2D eigenvalue weighted by Crippen LogP contribution is 2.43. The van der Waals surface area contributed by atoms with Gasteiger partial charge in [-0.15, -0.1) is 0 Å². The summed E-state index contributed by atoms with van der Waals surface area (Å²) in [7, 11) is 8.09. The number of hydrogen-bond acceptors (Lipinski definition) is 14. The van der Waals surface area contributed by atoms with Crippen LogP contribution in [0.15, 0.2) is 15.9 Å². The smallest absolute Gasteiger partial charge is 0.410 e. The number of aryl methyl sites for hydroxylation is 2.